The minimum atomic E-state index is -0.856. The van der Waals surface area contributed by atoms with Crippen molar-refractivity contribution in [3.05, 3.63) is 0 Å². The quantitative estimate of drug-likeness (QED) is 0.766. The Balaban J connectivity index is 2.03. The van der Waals surface area contributed by atoms with Gasteiger partial charge in [0.1, 0.15) is 6.04 Å². The maximum absolute atomic E-state index is 12.4. The molecule has 5 nitrogen and oxygen atoms in total. The Morgan fingerprint density at radius 2 is 2.06 bits per heavy atom. The lowest BCUT2D eigenvalue weighted by molar-refractivity contribution is -0.154. The predicted octanol–water partition coefficient (Wildman–Crippen LogP) is 0.840. The lowest BCUT2D eigenvalue weighted by Crippen LogP contribution is -2.52. The monoisotopic (exact) mass is 254 g/mol. The molecule has 2 rings (SSSR count). The standard InChI is InChI=1S/C13H22N2O3/c1-9-8-10(5-6-14-9)12(16)15-7-3-2-4-11(15)13(17)18/h9-11,14H,2-8H2,1H3,(H,17,18)/t9?,10?,11-/m1/s1. The number of nitrogens with zero attached hydrogens (tertiary/aromatic N) is 1. The van der Waals surface area contributed by atoms with Crippen LogP contribution in [0.4, 0.5) is 0 Å². The number of likely N-dealkylation sites (tertiary alicyclic amines) is 1. The van der Waals surface area contributed by atoms with Gasteiger partial charge in [0, 0.05) is 18.5 Å². The van der Waals surface area contributed by atoms with Gasteiger partial charge in [0.05, 0.1) is 0 Å². The zero-order valence-corrected chi connectivity index (χ0v) is 10.9. The molecule has 0 aromatic heterocycles. The topological polar surface area (TPSA) is 69.6 Å². The number of aliphatic carboxylic acids is 1. The first-order valence-electron chi connectivity index (χ1n) is 6.86. The van der Waals surface area contributed by atoms with Crippen molar-refractivity contribution in [1.29, 1.82) is 0 Å². The number of carbonyl (C=O) groups is 2. The molecule has 0 aromatic carbocycles. The Morgan fingerprint density at radius 1 is 1.28 bits per heavy atom. The molecule has 0 bridgehead atoms. The van der Waals surface area contributed by atoms with E-state index in [2.05, 4.69) is 12.2 Å². The number of piperidine rings is 2. The number of hydrogen-bond donors (Lipinski definition) is 2. The predicted molar refractivity (Wildman–Crippen MR) is 67.2 cm³/mol. The number of nitrogens with one attached hydrogen (secondary N) is 1. The molecular weight excluding hydrogens is 232 g/mol. The van der Waals surface area contributed by atoms with E-state index in [0.717, 1.165) is 32.2 Å². The van der Waals surface area contributed by atoms with Gasteiger partial charge < -0.3 is 15.3 Å². The molecule has 2 aliphatic rings. The molecule has 0 saturated carbocycles. The Morgan fingerprint density at radius 3 is 2.72 bits per heavy atom. The van der Waals surface area contributed by atoms with Gasteiger partial charge in [-0.2, -0.15) is 0 Å². The number of carboxylic acid groups (broad SMARTS) is 1. The number of amides is 1. The molecule has 0 radical (unpaired) electrons. The van der Waals surface area contributed by atoms with Crippen LogP contribution in [0.3, 0.4) is 0 Å². The van der Waals surface area contributed by atoms with E-state index in [1.54, 1.807) is 4.90 Å². The molecule has 3 atom stereocenters. The fourth-order valence-corrected chi connectivity index (χ4v) is 3.04. The average Bonchev–Trinajstić information content (AvgIpc) is 2.38. The van der Waals surface area contributed by atoms with Crippen LogP contribution < -0.4 is 5.32 Å². The van der Waals surface area contributed by atoms with Gasteiger partial charge in [0.2, 0.25) is 5.91 Å². The summed E-state index contributed by atoms with van der Waals surface area (Å²) in [5.74, 6) is -0.804. The highest BCUT2D eigenvalue weighted by atomic mass is 16.4. The summed E-state index contributed by atoms with van der Waals surface area (Å²) in [6.07, 6.45) is 4.08. The first-order valence-corrected chi connectivity index (χ1v) is 6.86. The number of hydrogen-bond acceptors (Lipinski definition) is 3. The van der Waals surface area contributed by atoms with Crippen LogP contribution in [0.25, 0.3) is 0 Å². The average molecular weight is 254 g/mol. The smallest absolute Gasteiger partial charge is 0.326 e. The molecule has 5 heteroatoms. The maximum Gasteiger partial charge on any atom is 0.326 e. The van der Waals surface area contributed by atoms with Crippen molar-refractivity contribution in [2.75, 3.05) is 13.1 Å². The summed E-state index contributed by atoms with van der Waals surface area (Å²) >= 11 is 0. The van der Waals surface area contributed by atoms with Crippen molar-refractivity contribution in [1.82, 2.24) is 10.2 Å². The van der Waals surface area contributed by atoms with E-state index < -0.39 is 12.0 Å². The van der Waals surface area contributed by atoms with E-state index >= 15 is 0 Å². The molecule has 2 aliphatic heterocycles. The van der Waals surface area contributed by atoms with Gasteiger partial charge in [-0.15, -0.1) is 0 Å². The van der Waals surface area contributed by atoms with Gasteiger partial charge >= 0.3 is 5.97 Å². The molecule has 2 N–H and O–H groups in total. The van der Waals surface area contributed by atoms with Crippen LogP contribution in [0.5, 0.6) is 0 Å². The number of carbonyl (C=O) groups excluding carboxylic acids is 1. The molecule has 2 saturated heterocycles. The van der Waals surface area contributed by atoms with E-state index in [0.29, 0.717) is 19.0 Å². The molecule has 2 heterocycles. The van der Waals surface area contributed by atoms with Crippen LogP contribution in [0.2, 0.25) is 0 Å². The van der Waals surface area contributed by atoms with E-state index in [4.69, 9.17) is 0 Å². The maximum atomic E-state index is 12.4. The number of carboxylic acids is 1. The fraction of sp³-hybridized carbons (Fsp3) is 0.846. The zero-order valence-electron chi connectivity index (χ0n) is 10.9. The van der Waals surface area contributed by atoms with Gasteiger partial charge in [0.15, 0.2) is 0 Å². The van der Waals surface area contributed by atoms with Gasteiger partial charge in [-0.1, -0.05) is 0 Å². The molecule has 0 aromatic rings. The fourth-order valence-electron chi connectivity index (χ4n) is 3.04. The minimum Gasteiger partial charge on any atom is -0.480 e. The highest BCUT2D eigenvalue weighted by Crippen LogP contribution is 2.24. The molecule has 0 spiro atoms. The molecule has 0 aliphatic carbocycles. The largest absolute Gasteiger partial charge is 0.480 e. The summed E-state index contributed by atoms with van der Waals surface area (Å²) < 4.78 is 0. The highest BCUT2D eigenvalue weighted by Gasteiger charge is 2.36. The van der Waals surface area contributed by atoms with E-state index in [1.807, 2.05) is 0 Å². The molecule has 2 fully saturated rings. The third-order valence-corrected chi connectivity index (χ3v) is 4.04. The highest BCUT2D eigenvalue weighted by molar-refractivity contribution is 5.85. The third-order valence-electron chi connectivity index (χ3n) is 4.04. The van der Waals surface area contributed by atoms with E-state index in [9.17, 15) is 14.7 Å². The van der Waals surface area contributed by atoms with Gasteiger partial charge in [-0.25, -0.2) is 4.79 Å². The first kappa shape index (κ1) is 13.3. The summed E-state index contributed by atoms with van der Waals surface area (Å²) in [5.41, 5.74) is 0. The summed E-state index contributed by atoms with van der Waals surface area (Å²) in [5, 5.41) is 12.5. The van der Waals surface area contributed by atoms with Crippen LogP contribution in [-0.2, 0) is 9.59 Å². The minimum absolute atomic E-state index is 0.00111. The van der Waals surface area contributed by atoms with Crippen molar-refractivity contribution in [3.8, 4) is 0 Å². The van der Waals surface area contributed by atoms with Crippen LogP contribution in [0.1, 0.15) is 39.0 Å². The molecular formula is C13H22N2O3. The Labute approximate surface area is 108 Å². The SMILES string of the molecule is CC1CC(C(=O)N2CCCC[C@@H]2C(=O)O)CCN1. The summed E-state index contributed by atoms with van der Waals surface area (Å²) in [4.78, 5) is 25.3. The molecule has 102 valence electrons. The second-order valence-corrected chi connectivity index (χ2v) is 5.46. The zero-order chi connectivity index (χ0) is 13.1. The summed E-state index contributed by atoms with van der Waals surface area (Å²) in [6.45, 7) is 3.53. The van der Waals surface area contributed by atoms with Gasteiger partial charge in [0.25, 0.3) is 0 Å². The Hall–Kier alpha value is -1.10. The third kappa shape index (κ3) is 2.83. The van der Waals surface area contributed by atoms with Crippen molar-refractivity contribution < 1.29 is 14.7 Å². The molecule has 18 heavy (non-hydrogen) atoms. The van der Waals surface area contributed by atoms with Crippen LogP contribution >= 0.6 is 0 Å². The normalized spacial score (nSPS) is 33.2. The summed E-state index contributed by atoms with van der Waals surface area (Å²) in [7, 11) is 0. The van der Waals surface area contributed by atoms with Crippen LogP contribution in [0.15, 0.2) is 0 Å². The first-order chi connectivity index (χ1) is 8.59. The molecule has 1 amide bonds. The van der Waals surface area contributed by atoms with Gasteiger partial charge in [-0.3, -0.25) is 4.79 Å². The van der Waals surface area contributed by atoms with Crippen molar-refractivity contribution in [2.24, 2.45) is 5.92 Å². The van der Waals surface area contributed by atoms with E-state index in [-0.39, 0.29) is 11.8 Å². The second kappa shape index (κ2) is 5.69. The lowest BCUT2D eigenvalue weighted by Gasteiger charge is -2.37. The van der Waals surface area contributed by atoms with Gasteiger partial charge in [-0.05, 0) is 45.6 Å². The Bertz CT molecular complexity index is 332. The van der Waals surface area contributed by atoms with Crippen molar-refractivity contribution >= 4 is 11.9 Å². The van der Waals surface area contributed by atoms with E-state index in [1.165, 1.54) is 0 Å². The lowest BCUT2D eigenvalue weighted by atomic mass is 9.90. The van der Waals surface area contributed by atoms with Crippen LogP contribution in [0, 0.1) is 5.92 Å². The second-order valence-electron chi connectivity index (χ2n) is 5.46. The number of rotatable bonds is 2. The van der Waals surface area contributed by atoms with Crippen molar-refractivity contribution in [3.63, 3.8) is 0 Å². The summed E-state index contributed by atoms with van der Waals surface area (Å²) in [6, 6.07) is -0.253. The molecule has 2 unspecified atom stereocenters. The van der Waals surface area contributed by atoms with Crippen LogP contribution in [-0.4, -0.2) is 47.1 Å². The Kier molecular flexibility index (Phi) is 4.22. The van der Waals surface area contributed by atoms with Crippen molar-refractivity contribution in [2.45, 2.75) is 51.1 Å².